The third-order valence-electron chi connectivity index (χ3n) is 3.20. The van der Waals surface area contributed by atoms with E-state index in [0.29, 0.717) is 17.0 Å². The molecule has 6 nitrogen and oxygen atoms in total. The van der Waals surface area contributed by atoms with Gasteiger partial charge in [-0.3, -0.25) is 9.59 Å². The average Bonchev–Trinajstić information content (AvgIpc) is 2.51. The number of hydrogen-bond donors (Lipinski definition) is 2. The van der Waals surface area contributed by atoms with Crippen LogP contribution in [0.1, 0.15) is 30.6 Å². The zero-order chi connectivity index (χ0) is 16.1. The van der Waals surface area contributed by atoms with Gasteiger partial charge in [-0.1, -0.05) is 6.92 Å². The minimum Gasteiger partial charge on any atom is -0.452 e. The molecule has 7 heteroatoms. The van der Waals surface area contributed by atoms with E-state index in [1.165, 1.54) is 11.8 Å². The molecule has 1 atom stereocenters. The number of ether oxygens (including phenoxy) is 1. The molecule has 0 bridgehead atoms. The highest BCUT2D eigenvalue weighted by molar-refractivity contribution is 8.00. The molecule has 1 aromatic carbocycles. The summed E-state index contributed by atoms with van der Waals surface area (Å²) < 4.78 is 4.98. The van der Waals surface area contributed by atoms with E-state index in [2.05, 4.69) is 10.6 Å². The van der Waals surface area contributed by atoms with Crippen LogP contribution in [0, 0.1) is 0 Å². The van der Waals surface area contributed by atoms with Crippen molar-refractivity contribution in [3.63, 3.8) is 0 Å². The van der Waals surface area contributed by atoms with Crippen LogP contribution >= 0.6 is 11.8 Å². The Labute approximate surface area is 133 Å². The van der Waals surface area contributed by atoms with E-state index in [4.69, 9.17) is 4.74 Å². The van der Waals surface area contributed by atoms with E-state index < -0.39 is 5.97 Å². The second-order valence-electron chi connectivity index (χ2n) is 5.00. The van der Waals surface area contributed by atoms with Gasteiger partial charge in [0.2, 0.25) is 5.91 Å². The van der Waals surface area contributed by atoms with Gasteiger partial charge < -0.3 is 15.4 Å². The van der Waals surface area contributed by atoms with Crippen LogP contribution in [-0.4, -0.2) is 36.2 Å². The summed E-state index contributed by atoms with van der Waals surface area (Å²) in [5.74, 6) is -0.653. The Morgan fingerprint density at radius 1 is 1.45 bits per heavy atom. The van der Waals surface area contributed by atoms with Crippen molar-refractivity contribution in [3.8, 4) is 0 Å². The standard InChI is InChI=1S/C15H18N2O4S/c1-3-9(2)16-13(18)7-21-15(20)10-4-5-12-11(6-10)17-14(19)8-22-12/h4-6,9H,3,7-8H2,1-2H3,(H,16,18)(H,17,19)/t9-/m0/s1. The number of carbonyl (C=O) groups excluding carboxylic acids is 3. The average molecular weight is 322 g/mol. The predicted molar refractivity (Wildman–Crippen MR) is 84.0 cm³/mol. The number of thioether (sulfide) groups is 1. The largest absolute Gasteiger partial charge is 0.452 e. The Hall–Kier alpha value is -2.02. The maximum Gasteiger partial charge on any atom is 0.338 e. The molecule has 0 saturated heterocycles. The molecular weight excluding hydrogens is 304 g/mol. The van der Waals surface area contributed by atoms with Crippen LogP contribution in [-0.2, 0) is 14.3 Å². The smallest absolute Gasteiger partial charge is 0.338 e. The number of anilines is 1. The highest BCUT2D eigenvalue weighted by atomic mass is 32.2. The second kappa shape index (κ2) is 7.31. The first-order valence-corrected chi connectivity index (χ1v) is 8.01. The third kappa shape index (κ3) is 4.24. The van der Waals surface area contributed by atoms with Crippen molar-refractivity contribution in [3.05, 3.63) is 23.8 Å². The first kappa shape index (κ1) is 16.4. The number of rotatable bonds is 5. The van der Waals surface area contributed by atoms with Gasteiger partial charge in [-0.05, 0) is 31.5 Å². The van der Waals surface area contributed by atoms with E-state index in [9.17, 15) is 14.4 Å². The highest BCUT2D eigenvalue weighted by Crippen LogP contribution is 2.32. The van der Waals surface area contributed by atoms with Crippen LogP contribution in [0.4, 0.5) is 5.69 Å². The molecule has 0 saturated carbocycles. The summed E-state index contributed by atoms with van der Waals surface area (Å²) >= 11 is 1.42. The van der Waals surface area contributed by atoms with Crippen molar-refractivity contribution in [2.45, 2.75) is 31.2 Å². The van der Waals surface area contributed by atoms with E-state index in [0.717, 1.165) is 11.3 Å². The number of esters is 1. The minimum absolute atomic E-state index is 0.0437. The SMILES string of the molecule is CC[C@H](C)NC(=O)COC(=O)c1ccc2c(c1)NC(=O)CS2. The van der Waals surface area contributed by atoms with Crippen LogP contribution in [0.3, 0.4) is 0 Å². The van der Waals surface area contributed by atoms with Gasteiger partial charge in [0.15, 0.2) is 6.61 Å². The highest BCUT2D eigenvalue weighted by Gasteiger charge is 2.18. The van der Waals surface area contributed by atoms with Gasteiger partial charge in [0.25, 0.3) is 5.91 Å². The molecular formula is C15H18N2O4S. The van der Waals surface area contributed by atoms with Gasteiger partial charge in [0.1, 0.15) is 0 Å². The predicted octanol–water partition coefficient (Wildman–Crippen LogP) is 1.80. The van der Waals surface area contributed by atoms with Crippen molar-refractivity contribution >= 4 is 35.2 Å². The molecule has 2 rings (SSSR count). The topological polar surface area (TPSA) is 84.5 Å². The van der Waals surface area contributed by atoms with E-state index >= 15 is 0 Å². The number of amides is 2. The van der Waals surface area contributed by atoms with Crippen molar-refractivity contribution < 1.29 is 19.1 Å². The fourth-order valence-corrected chi connectivity index (χ4v) is 2.63. The van der Waals surface area contributed by atoms with Crippen LogP contribution < -0.4 is 10.6 Å². The lowest BCUT2D eigenvalue weighted by atomic mass is 10.2. The van der Waals surface area contributed by atoms with Gasteiger partial charge in [0, 0.05) is 10.9 Å². The number of carbonyl (C=O) groups is 3. The molecule has 0 aromatic heterocycles. The Bertz CT molecular complexity index is 603. The first-order valence-electron chi connectivity index (χ1n) is 7.02. The van der Waals surface area contributed by atoms with Crippen LogP contribution in [0.25, 0.3) is 0 Å². The fraction of sp³-hybridized carbons (Fsp3) is 0.400. The molecule has 1 aliphatic rings. The lowest BCUT2D eigenvalue weighted by Crippen LogP contribution is -2.35. The summed E-state index contributed by atoms with van der Waals surface area (Å²) in [6.07, 6.45) is 0.807. The minimum atomic E-state index is -0.591. The summed E-state index contributed by atoms with van der Waals surface area (Å²) in [6.45, 7) is 3.52. The fourth-order valence-electron chi connectivity index (χ4n) is 1.84. The molecule has 118 valence electrons. The Kier molecular flexibility index (Phi) is 5.43. The van der Waals surface area contributed by atoms with Gasteiger partial charge >= 0.3 is 5.97 Å². The van der Waals surface area contributed by atoms with Crippen molar-refractivity contribution in [2.24, 2.45) is 0 Å². The van der Waals surface area contributed by atoms with E-state index in [-0.39, 0.29) is 24.5 Å². The van der Waals surface area contributed by atoms with Crippen molar-refractivity contribution in [1.29, 1.82) is 0 Å². The molecule has 1 aliphatic heterocycles. The molecule has 0 radical (unpaired) electrons. The molecule has 0 aliphatic carbocycles. The molecule has 1 heterocycles. The summed E-state index contributed by atoms with van der Waals surface area (Å²) in [6, 6.07) is 4.99. The molecule has 0 spiro atoms. The van der Waals surface area contributed by atoms with E-state index in [1.54, 1.807) is 18.2 Å². The van der Waals surface area contributed by atoms with Gasteiger partial charge in [-0.2, -0.15) is 0 Å². The lowest BCUT2D eigenvalue weighted by Gasteiger charge is -2.16. The summed E-state index contributed by atoms with van der Waals surface area (Å²) in [7, 11) is 0. The van der Waals surface area contributed by atoms with Crippen molar-refractivity contribution in [1.82, 2.24) is 5.32 Å². The Balaban J connectivity index is 1.94. The summed E-state index contributed by atoms with van der Waals surface area (Å²) in [5, 5.41) is 5.42. The quantitative estimate of drug-likeness (QED) is 0.808. The monoisotopic (exact) mass is 322 g/mol. The lowest BCUT2D eigenvalue weighted by molar-refractivity contribution is -0.124. The van der Waals surface area contributed by atoms with E-state index in [1.807, 2.05) is 13.8 Å². The summed E-state index contributed by atoms with van der Waals surface area (Å²) in [5.41, 5.74) is 0.901. The van der Waals surface area contributed by atoms with Crippen LogP contribution in [0.5, 0.6) is 0 Å². The third-order valence-corrected chi connectivity index (χ3v) is 4.28. The summed E-state index contributed by atoms with van der Waals surface area (Å²) in [4.78, 5) is 35.8. The number of fused-ring (bicyclic) bond motifs is 1. The molecule has 0 unspecified atom stereocenters. The second-order valence-corrected chi connectivity index (χ2v) is 6.02. The maximum absolute atomic E-state index is 12.0. The van der Waals surface area contributed by atoms with Gasteiger partial charge in [-0.15, -0.1) is 11.8 Å². The Morgan fingerprint density at radius 3 is 2.95 bits per heavy atom. The molecule has 22 heavy (non-hydrogen) atoms. The van der Waals surface area contributed by atoms with Gasteiger partial charge in [-0.25, -0.2) is 4.79 Å². The van der Waals surface area contributed by atoms with Crippen LogP contribution in [0.2, 0.25) is 0 Å². The molecule has 2 N–H and O–H groups in total. The number of nitrogens with one attached hydrogen (secondary N) is 2. The first-order chi connectivity index (χ1) is 10.5. The van der Waals surface area contributed by atoms with Gasteiger partial charge in [0.05, 0.1) is 17.0 Å². The normalized spacial score (nSPS) is 14.5. The zero-order valence-corrected chi connectivity index (χ0v) is 13.3. The Morgan fingerprint density at radius 2 is 2.23 bits per heavy atom. The van der Waals surface area contributed by atoms with Crippen LogP contribution in [0.15, 0.2) is 23.1 Å². The molecule has 1 aromatic rings. The number of hydrogen-bond acceptors (Lipinski definition) is 5. The zero-order valence-electron chi connectivity index (χ0n) is 12.5. The van der Waals surface area contributed by atoms with Crippen molar-refractivity contribution in [2.75, 3.05) is 17.7 Å². The maximum atomic E-state index is 12.0. The molecule has 0 fully saturated rings. The molecule has 2 amide bonds. The number of benzene rings is 1.